The third kappa shape index (κ3) is 3.48. The van der Waals surface area contributed by atoms with Crippen LogP contribution in [0.4, 0.5) is 0 Å². The average Bonchev–Trinajstić information content (AvgIpc) is 2.93. The van der Waals surface area contributed by atoms with Crippen LogP contribution in [0.25, 0.3) is 11.1 Å². The molecule has 104 valence electrons. The molecule has 2 aromatic rings. The predicted octanol–water partition coefficient (Wildman–Crippen LogP) is 4.31. The standard InChI is InChI=1S/C17H21N3/c1-3-4-5-6-9-20-13-16(12-19-20)17-10-15(11-18)8-7-14(17)2/h7-8,10,12-13H,3-6,9H2,1-2H3. The second-order valence-corrected chi connectivity index (χ2v) is 5.19. The summed E-state index contributed by atoms with van der Waals surface area (Å²) in [6.45, 7) is 5.25. The van der Waals surface area contributed by atoms with Crippen LogP contribution in [0.1, 0.15) is 43.7 Å². The van der Waals surface area contributed by atoms with E-state index >= 15 is 0 Å². The van der Waals surface area contributed by atoms with Gasteiger partial charge in [0.2, 0.25) is 0 Å². The minimum atomic E-state index is 0.696. The van der Waals surface area contributed by atoms with Crippen molar-refractivity contribution in [3.05, 3.63) is 41.7 Å². The third-order valence-electron chi connectivity index (χ3n) is 3.55. The number of rotatable bonds is 6. The van der Waals surface area contributed by atoms with Gasteiger partial charge in [-0.25, -0.2) is 0 Å². The van der Waals surface area contributed by atoms with Crippen LogP contribution < -0.4 is 0 Å². The van der Waals surface area contributed by atoms with Gasteiger partial charge >= 0.3 is 0 Å². The van der Waals surface area contributed by atoms with Crippen molar-refractivity contribution in [1.29, 1.82) is 5.26 Å². The molecule has 0 aliphatic heterocycles. The molecule has 0 aliphatic carbocycles. The zero-order chi connectivity index (χ0) is 14.4. The van der Waals surface area contributed by atoms with Gasteiger partial charge in [0.15, 0.2) is 0 Å². The fourth-order valence-electron chi connectivity index (χ4n) is 2.33. The largest absolute Gasteiger partial charge is 0.272 e. The molecular weight excluding hydrogens is 246 g/mol. The number of hydrogen-bond acceptors (Lipinski definition) is 2. The van der Waals surface area contributed by atoms with Crippen molar-refractivity contribution < 1.29 is 0 Å². The van der Waals surface area contributed by atoms with Crippen molar-refractivity contribution in [3.8, 4) is 17.2 Å². The van der Waals surface area contributed by atoms with Crippen molar-refractivity contribution in [1.82, 2.24) is 9.78 Å². The van der Waals surface area contributed by atoms with Gasteiger partial charge in [0.1, 0.15) is 0 Å². The Bertz CT molecular complexity index is 605. The molecule has 0 fully saturated rings. The number of unbranched alkanes of at least 4 members (excludes halogenated alkanes) is 3. The van der Waals surface area contributed by atoms with Crippen molar-refractivity contribution in [2.24, 2.45) is 0 Å². The number of benzene rings is 1. The normalized spacial score (nSPS) is 10.4. The molecule has 20 heavy (non-hydrogen) atoms. The van der Waals surface area contributed by atoms with E-state index in [4.69, 9.17) is 5.26 Å². The lowest BCUT2D eigenvalue weighted by atomic mass is 10.0. The molecule has 0 radical (unpaired) electrons. The molecule has 0 N–H and O–H groups in total. The summed E-state index contributed by atoms with van der Waals surface area (Å²) in [6.07, 6.45) is 8.95. The first kappa shape index (κ1) is 14.3. The highest BCUT2D eigenvalue weighted by molar-refractivity contribution is 5.67. The van der Waals surface area contributed by atoms with Gasteiger partial charge in [0.05, 0.1) is 17.8 Å². The lowest BCUT2D eigenvalue weighted by Gasteiger charge is -2.03. The lowest BCUT2D eigenvalue weighted by molar-refractivity contribution is 0.541. The van der Waals surface area contributed by atoms with Crippen LogP contribution in [0.2, 0.25) is 0 Å². The van der Waals surface area contributed by atoms with Gasteiger partial charge in [-0.2, -0.15) is 10.4 Å². The summed E-state index contributed by atoms with van der Waals surface area (Å²) in [7, 11) is 0. The SMILES string of the molecule is CCCCCCn1cc(-c2cc(C#N)ccc2C)cn1. The van der Waals surface area contributed by atoms with E-state index in [0.29, 0.717) is 5.56 Å². The van der Waals surface area contributed by atoms with Crippen LogP contribution in [0.3, 0.4) is 0 Å². The monoisotopic (exact) mass is 267 g/mol. The van der Waals surface area contributed by atoms with Crippen molar-refractivity contribution >= 4 is 0 Å². The first-order chi connectivity index (χ1) is 9.74. The molecule has 0 amide bonds. The van der Waals surface area contributed by atoms with E-state index in [2.05, 4.69) is 31.2 Å². The van der Waals surface area contributed by atoms with Crippen LogP contribution in [0.15, 0.2) is 30.6 Å². The summed E-state index contributed by atoms with van der Waals surface area (Å²) in [5.74, 6) is 0. The molecule has 3 heteroatoms. The van der Waals surface area contributed by atoms with Crippen molar-refractivity contribution in [2.75, 3.05) is 0 Å². The van der Waals surface area contributed by atoms with E-state index in [-0.39, 0.29) is 0 Å². The van der Waals surface area contributed by atoms with Gasteiger partial charge in [-0.3, -0.25) is 4.68 Å². The maximum Gasteiger partial charge on any atom is 0.0991 e. The molecule has 1 aromatic heterocycles. The van der Waals surface area contributed by atoms with E-state index in [0.717, 1.165) is 17.7 Å². The Morgan fingerprint density at radius 1 is 1.25 bits per heavy atom. The van der Waals surface area contributed by atoms with Crippen LogP contribution in [-0.4, -0.2) is 9.78 Å². The van der Waals surface area contributed by atoms with E-state index < -0.39 is 0 Å². The van der Waals surface area contributed by atoms with E-state index in [1.807, 2.05) is 29.1 Å². The molecule has 1 heterocycles. The zero-order valence-electron chi connectivity index (χ0n) is 12.3. The quantitative estimate of drug-likeness (QED) is 0.732. The molecule has 0 saturated heterocycles. The lowest BCUT2D eigenvalue weighted by Crippen LogP contribution is -1.97. The highest BCUT2D eigenvalue weighted by Crippen LogP contribution is 2.24. The fourth-order valence-corrected chi connectivity index (χ4v) is 2.33. The Labute approximate surface area is 120 Å². The number of hydrogen-bond donors (Lipinski definition) is 0. The van der Waals surface area contributed by atoms with Gasteiger partial charge in [0, 0.05) is 18.3 Å². The first-order valence-corrected chi connectivity index (χ1v) is 7.28. The van der Waals surface area contributed by atoms with Gasteiger partial charge in [-0.15, -0.1) is 0 Å². The maximum atomic E-state index is 9.00. The molecule has 1 aromatic carbocycles. The molecule has 2 rings (SSSR count). The fraction of sp³-hybridized carbons (Fsp3) is 0.412. The molecule has 0 bridgehead atoms. The molecule has 0 spiro atoms. The number of aromatic nitrogens is 2. The number of nitriles is 1. The Kier molecular flexibility index (Phi) is 4.95. The smallest absolute Gasteiger partial charge is 0.0991 e. The topological polar surface area (TPSA) is 41.6 Å². The van der Waals surface area contributed by atoms with E-state index in [1.165, 1.54) is 31.2 Å². The van der Waals surface area contributed by atoms with Crippen LogP contribution in [0, 0.1) is 18.3 Å². The summed E-state index contributed by atoms with van der Waals surface area (Å²) in [5.41, 5.74) is 4.06. The summed E-state index contributed by atoms with van der Waals surface area (Å²) in [5, 5.41) is 13.4. The van der Waals surface area contributed by atoms with Crippen LogP contribution >= 0.6 is 0 Å². The van der Waals surface area contributed by atoms with E-state index in [1.54, 1.807) is 0 Å². The predicted molar refractivity (Wildman–Crippen MR) is 81.3 cm³/mol. The van der Waals surface area contributed by atoms with Crippen LogP contribution in [0.5, 0.6) is 0 Å². The highest BCUT2D eigenvalue weighted by atomic mass is 15.3. The Balaban J connectivity index is 2.10. The molecule has 0 unspecified atom stereocenters. The summed E-state index contributed by atoms with van der Waals surface area (Å²) < 4.78 is 2.00. The van der Waals surface area contributed by atoms with Gasteiger partial charge in [0.25, 0.3) is 0 Å². The van der Waals surface area contributed by atoms with E-state index in [9.17, 15) is 0 Å². The Morgan fingerprint density at radius 2 is 2.10 bits per heavy atom. The number of nitrogens with zero attached hydrogens (tertiary/aromatic N) is 3. The molecule has 0 aliphatic rings. The minimum Gasteiger partial charge on any atom is -0.272 e. The Hall–Kier alpha value is -2.08. The maximum absolute atomic E-state index is 9.00. The van der Waals surface area contributed by atoms with Crippen molar-refractivity contribution in [2.45, 2.75) is 46.1 Å². The van der Waals surface area contributed by atoms with Crippen LogP contribution in [-0.2, 0) is 6.54 Å². The van der Waals surface area contributed by atoms with Crippen molar-refractivity contribution in [3.63, 3.8) is 0 Å². The van der Waals surface area contributed by atoms with Gasteiger partial charge in [-0.05, 0) is 36.6 Å². The van der Waals surface area contributed by atoms with Gasteiger partial charge in [-0.1, -0.05) is 32.3 Å². The zero-order valence-corrected chi connectivity index (χ0v) is 12.3. The third-order valence-corrected chi connectivity index (χ3v) is 3.55. The minimum absolute atomic E-state index is 0.696. The summed E-state index contributed by atoms with van der Waals surface area (Å²) >= 11 is 0. The number of aryl methyl sites for hydroxylation is 2. The summed E-state index contributed by atoms with van der Waals surface area (Å²) in [4.78, 5) is 0. The second-order valence-electron chi connectivity index (χ2n) is 5.19. The molecular formula is C17H21N3. The molecule has 0 atom stereocenters. The van der Waals surface area contributed by atoms with Gasteiger partial charge < -0.3 is 0 Å². The molecule has 3 nitrogen and oxygen atoms in total. The highest BCUT2D eigenvalue weighted by Gasteiger charge is 2.06. The summed E-state index contributed by atoms with van der Waals surface area (Å²) in [6, 6.07) is 7.98. The first-order valence-electron chi connectivity index (χ1n) is 7.28. The molecule has 0 saturated carbocycles. The average molecular weight is 267 g/mol. The second kappa shape index (κ2) is 6.91. The Morgan fingerprint density at radius 3 is 2.85 bits per heavy atom.